The number of pyridine rings is 1. The fourth-order valence-electron chi connectivity index (χ4n) is 1.79. The lowest BCUT2D eigenvalue weighted by atomic mass is 10.1. The molecule has 4 nitrogen and oxygen atoms in total. The molecule has 16 heavy (non-hydrogen) atoms. The van der Waals surface area contributed by atoms with Crippen molar-refractivity contribution in [2.45, 2.75) is 33.7 Å². The predicted octanol–water partition coefficient (Wildman–Crippen LogP) is 2.51. The number of carboxylic acid groups (broad SMARTS) is 1. The molecule has 0 spiro atoms. The third-order valence-electron chi connectivity index (χ3n) is 2.55. The Labute approximate surface area is 102 Å². The van der Waals surface area contributed by atoms with Crippen LogP contribution in [0.5, 0.6) is 0 Å². The van der Waals surface area contributed by atoms with Crippen LogP contribution in [0.1, 0.15) is 41.5 Å². The van der Waals surface area contributed by atoms with E-state index in [1.807, 2.05) is 13.8 Å². The molecule has 0 aliphatic heterocycles. The molecule has 1 aromatic rings. The van der Waals surface area contributed by atoms with Gasteiger partial charge < -0.3 is 9.67 Å². The Bertz CT molecular complexity index is 503. The van der Waals surface area contributed by atoms with Crippen LogP contribution >= 0.6 is 15.9 Å². The monoisotopic (exact) mass is 287 g/mol. The van der Waals surface area contributed by atoms with Crippen molar-refractivity contribution in [2.75, 3.05) is 0 Å². The molecule has 0 aliphatic carbocycles. The number of hydrogen-bond donors (Lipinski definition) is 1. The first-order chi connectivity index (χ1) is 7.29. The Kier molecular flexibility index (Phi) is 3.57. The van der Waals surface area contributed by atoms with Gasteiger partial charge in [0.2, 0.25) is 0 Å². The lowest BCUT2D eigenvalue weighted by molar-refractivity contribution is 0.0693. The summed E-state index contributed by atoms with van der Waals surface area (Å²) in [4.78, 5) is 23.1. The summed E-state index contributed by atoms with van der Waals surface area (Å²) < 4.78 is 2.17. The fourth-order valence-corrected chi connectivity index (χ4v) is 2.18. The third kappa shape index (κ3) is 1.91. The van der Waals surface area contributed by atoms with Gasteiger partial charge in [-0.1, -0.05) is 0 Å². The van der Waals surface area contributed by atoms with E-state index < -0.39 is 11.5 Å². The zero-order valence-corrected chi connectivity index (χ0v) is 11.3. The van der Waals surface area contributed by atoms with E-state index in [1.54, 1.807) is 13.8 Å². The minimum absolute atomic E-state index is 0.0671. The van der Waals surface area contributed by atoms with Crippen molar-refractivity contribution in [3.63, 3.8) is 0 Å². The Morgan fingerprint density at radius 3 is 2.25 bits per heavy atom. The summed E-state index contributed by atoms with van der Waals surface area (Å²) in [6.45, 7) is 7.13. The number of rotatable bonds is 2. The lowest BCUT2D eigenvalue weighted by Crippen LogP contribution is -2.31. The summed E-state index contributed by atoms with van der Waals surface area (Å²) in [5, 5.41) is 9.03. The van der Waals surface area contributed by atoms with Crippen LogP contribution in [0.15, 0.2) is 9.27 Å². The molecule has 1 heterocycles. The highest BCUT2D eigenvalue weighted by atomic mass is 79.9. The van der Waals surface area contributed by atoms with Crippen LogP contribution in [0.3, 0.4) is 0 Å². The first-order valence-corrected chi connectivity index (χ1v) is 5.72. The molecule has 5 heteroatoms. The standard InChI is InChI=1S/C11H14BrNO3/c1-5(2)13-7(4)9(12)6(3)8(10(13)14)11(15)16/h5H,1-4H3,(H,15,16). The van der Waals surface area contributed by atoms with Crippen LogP contribution in [-0.4, -0.2) is 15.6 Å². The van der Waals surface area contributed by atoms with Gasteiger partial charge in [0.15, 0.2) is 0 Å². The van der Waals surface area contributed by atoms with Gasteiger partial charge in [0.1, 0.15) is 5.56 Å². The Morgan fingerprint density at radius 2 is 1.88 bits per heavy atom. The number of aromatic carboxylic acids is 1. The molecule has 88 valence electrons. The maximum Gasteiger partial charge on any atom is 0.341 e. The number of halogens is 1. The van der Waals surface area contributed by atoms with Crippen molar-refractivity contribution in [3.05, 3.63) is 31.6 Å². The maximum absolute atomic E-state index is 12.0. The Hall–Kier alpha value is -1.10. The molecule has 0 atom stereocenters. The van der Waals surface area contributed by atoms with Crippen LogP contribution in [-0.2, 0) is 0 Å². The summed E-state index contributed by atoms with van der Waals surface area (Å²) in [6.07, 6.45) is 0. The predicted molar refractivity (Wildman–Crippen MR) is 65.2 cm³/mol. The third-order valence-corrected chi connectivity index (χ3v) is 3.71. The number of nitrogens with zero attached hydrogens (tertiary/aromatic N) is 1. The highest BCUT2D eigenvalue weighted by Crippen LogP contribution is 2.23. The topological polar surface area (TPSA) is 59.3 Å². The summed E-state index contributed by atoms with van der Waals surface area (Å²) in [5.74, 6) is -1.18. The molecule has 0 aliphatic rings. The van der Waals surface area contributed by atoms with Crippen LogP contribution in [0, 0.1) is 13.8 Å². The molecule has 0 radical (unpaired) electrons. The maximum atomic E-state index is 12.0. The summed E-state index contributed by atoms with van der Waals surface area (Å²) in [7, 11) is 0. The molecular weight excluding hydrogens is 274 g/mol. The second-order valence-electron chi connectivity index (χ2n) is 3.97. The largest absolute Gasteiger partial charge is 0.477 e. The summed E-state index contributed by atoms with van der Waals surface area (Å²) >= 11 is 3.33. The smallest absolute Gasteiger partial charge is 0.341 e. The van der Waals surface area contributed by atoms with Gasteiger partial charge >= 0.3 is 5.97 Å². The molecule has 0 unspecified atom stereocenters. The van der Waals surface area contributed by atoms with E-state index >= 15 is 0 Å². The summed E-state index contributed by atoms with van der Waals surface area (Å²) in [6, 6.07) is -0.0671. The molecule has 0 bridgehead atoms. The van der Waals surface area contributed by atoms with Gasteiger partial charge in [0.05, 0.1) is 0 Å². The molecular formula is C11H14BrNO3. The van der Waals surface area contributed by atoms with E-state index in [4.69, 9.17) is 5.11 Å². The van der Waals surface area contributed by atoms with Crippen molar-refractivity contribution < 1.29 is 9.90 Å². The second kappa shape index (κ2) is 4.41. The van der Waals surface area contributed by atoms with Gasteiger partial charge in [-0.2, -0.15) is 0 Å². The Balaban J connectivity index is 3.81. The molecule has 1 aromatic heterocycles. The van der Waals surface area contributed by atoms with Crippen molar-refractivity contribution in [2.24, 2.45) is 0 Å². The molecule has 1 rings (SSSR count). The zero-order valence-electron chi connectivity index (χ0n) is 9.67. The quantitative estimate of drug-likeness (QED) is 0.909. The van der Waals surface area contributed by atoms with Crippen molar-refractivity contribution in [3.8, 4) is 0 Å². The fraction of sp³-hybridized carbons (Fsp3) is 0.455. The van der Waals surface area contributed by atoms with Gasteiger partial charge in [-0.25, -0.2) is 4.79 Å². The summed E-state index contributed by atoms with van der Waals surface area (Å²) in [5.41, 5.74) is 0.626. The van der Waals surface area contributed by atoms with E-state index in [2.05, 4.69) is 15.9 Å². The van der Waals surface area contributed by atoms with E-state index in [0.29, 0.717) is 10.0 Å². The highest BCUT2D eigenvalue weighted by Gasteiger charge is 2.21. The number of carbonyl (C=O) groups is 1. The van der Waals surface area contributed by atoms with E-state index in [9.17, 15) is 9.59 Å². The molecule has 0 aromatic carbocycles. The van der Waals surface area contributed by atoms with E-state index in [-0.39, 0.29) is 11.6 Å². The molecule has 0 amide bonds. The van der Waals surface area contributed by atoms with Crippen molar-refractivity contribution in [1.82, 2.24) is 4.57 Å². The molecule has 0 saturated carbocycles. The van der Waals surface area contributed by atoms with Crippen LogP contribution in [0.2, 0.25) is 0 Å². The average Bonchev–Trinajstić information content (AvgIpc) is 2.13. The van der Waals surface area contributed by atoms with Crippen molar-refractivity contribution >= 4 is 21.9 Å². The lowest BCUT2D eigenvalue weighted by Gasteiger charge is -2.18. The van der Waals surface area contributed by atoms with Gasteiger partial charge in [-0.15, -0.1) is 0 Å². The Morgan fingerprint density at radius 1 is 1.38 bits per heavy atom. The minimum atomic E-state index is -1.18. The molecule has 0 saturated heterocycles. The van der Waals surface area contributed by atoms with Gasteiger partial charge in [0, 0.05) is 16.2 Å². The second-order valence-corrected chi connectivity index (χ2v) is 4.77. The number of carboxylic acids is 1. The minimum Gasteiger partial charge on any atom is -0.477 e. The van der Waals surface area contributed by atoms with Gasteiger partial charge in [-0.05, 0) is 49.2 Å². The van der Waals surface area contributed by atoms with Crippen molar-refractivity contribution in [1.29, 1.82) is 0 Å². The molecule has 0 fully saturated rings. The average molecular weight is 288 g/mol. The number of aromatic nitrogens is 1. The normalized spacial score (nSPS) is 10.9. The van der Waals surface area contributed by atoms with E-state index in [0.717, 1.165) is 5.69 Å². The first kappa shape index (κ1) is 13.0. The van der Waals surface area contributed by atoms with Gasteiger partial charge in [-0.3, -0.25) is 4.79 Å². The van der Waals surface area contributed by atoms with Crippen LogP contribution in [0.25, 0.3) is 0 Å². The zero-order chi connectivity index (χ0) is 12.6. The molecule has 1 N–H and O–H groups in total. The van der Waals surface area contributed by atoms with E-state index in [1.165, 1.54) is 4.57 Å². The SMILES string of the molecule is Cc1c(Br)c(C)n(C(C)C)c(=O)c1C(=O)O. The van der Waals surface area contributed by atoms with Crippen LogP contribution in [0.4, 0.5) is 0 Å². The first-order valence-electron chi connectivity index (χ1n) is 4.93. The van der Waals surface area contributed by atoms with Crippen LogP contribution < -0.4 is 5.56 Å². The number of hydrogen-bond acceptors (Lipinski definition) is 2. The van der Waals surface area contributed by atoms with Gasteiger partial charge in [0.25, 0.3) is 5.56 Å². The highest BCUT2D eigenvalue weighted by molar-refractivity contribution is 9.10.